The van der Waals surface area contributed by atoms with E-state index in [-0.39, 0.29) is 36.3 Å². The average Bonchev–Trinajstić information content (AvgIpc) is 3.30. The van der Waals surface area contributed by atoms with Gasteiger partial charge in [0.1, 0.15) is 0 Å². The van der Waals surface area contributed by atoms with Gasteiger partial charge in [-0.3, -0.25) is 0 Å². The Balaban J connectivity index is 1.34. The molecule has 4 nitrogen and oxygen atoms in total. The van der Waals surface area contributed by atoms with Crippen molar-refractivity contribution in [3.8, 4) is 0 Å². The number of unbranched alkanes of at least 4 members (excludes halogenated alkanes) is 1. The number of hydrogen-bond acceptors (Lipinski definition) is 4. The first kappa shape index (κ1) is 21.7. The van der Waals surface area contributed by atoms with Crippen molar-refractivity contribution >= 4 is 7.12 Å². The standard InChI is InChI=1S/C25H43BO4/c1-4-5-12-26-29-15-22(30-26)20-9-8-19-18-7-6-16-13-17(27)10-11-24(16,2)23(18)21(28)14-25(19,20)3/h16-23,27-28H,4-15H2,1-3H3/t16-,17-,18+,19+,20-,21+,22+,23-,24+,25+/m1/s1. The number of rotatable bonds is 4. The third kappa shape index (κ3) is 3.33. The summed E-state index contributed by atoms with van der Waals surface area (Å²) in [6.07, 6.45) is 12.1. The molecule has 1 heterocycles. The highest BCUT2D eigenvalue weighted by molar-refractivity contribution is 6.45. The number of aliphatic hydroxyl groups is 2. The summed E-state index contributed by atoms with van der Waals surface area (Å²) in [4.78, 5) is 0. The van der Waals surface area contributed by atoms with Gasteiger partial charge in [-0.25, -0.2) is 0 Å². The Hall–Kier alpha value is -0.0951. The fourth-order valence-corrected chi connectivity index (χ4v) is 9.22. The molecule has 0 spiro atoms. The summed E-state index contributed by atoms with van der Waals surface area (Å²) in [5, 5.41) is 21.8. The SMILES string of the molecule is CCCCB1OC[C@@H]([C@H]2CC[C@H]3[C@@H]4CC[C@@H]5C[C@H](O)CC[C@]5(C)[C@H]4[C@@H](O)C[C@]23C)O1. The summed E-state index contributed by atoms with van der Waals surface area (Å²) >= 11 is 0. The highest BCUT2D eigenvalue weighted by atomic mass is 16.6. The van der Waals surface area contributed by atoms with Gasteiger partial charge in [0.05, 0.1) is 24.9 Å². The van der Waals surface area contributed by atoms with E-state index >= 15 is 0 Å². The van der Waals surface area contributed by atoms with Gasteiger partial charge in [-0.05, 0) is 98.1 Å². The summed E-state index contributed by atoms with van der Waals surface area (Å²) in [5.41, 5.74) is 0.380. The van der Waals surface area contributed by atoms with E-state index in [9.17, 15) is 10.2 Å². The molecule has 0 aromatic rings. The molecule has 170 valence electrons. The van der Waals surface area contributed by atoms with E-state index in [0.29, 0.717) is 29.6 Å². The quantitative estimate of drug-likeness (QED) is 0.651. The lowest BCUT2D eigenvalue weighted by molar-refractivity contribution is -0.181. The minimum atomic E-state index is -0.210. The molecule has 5 heteroatoms. The van der Waals surface area contributed by atoms with Crippen LogP contribution in [0, 0.1) is 40.4 Å². The van der Waals surface area contributed by atoms with Gasteiger partial charge < -0.3 is 19.5 Å². The lowest BCUT2D eigenvalue weighted by Crippen LogP contribution is -2.59. The van der Waals surface area contributed by atoms with Crippen LogP contribution in [-0.2, 0) is 9.31 Å². The Bertz CT molecular complexity index is 630. The minimum Gasteiger partial charge on any atom is -0.408 e. The van der Waals surface area contributed by atoms with Gasteiger partial charge in [0.2, 0.25) is 0 Å². The summed E-state index contributed by atoms with van der Waals surface area (Å²) < 4.78 is 12.4. The van der Waals surface area contributed by atoms with E-state index in [0.717, 1.165) is 38.6 Å². The maximum Gasteiger partial charge on any atom is 0.457 e. The Labute approximate surface area is 183 Å². The molecule has 4 aliphatic carbocycles. The molecule has 0 radical (unpaired) electrons. The zero-order valence-corrected chi connectivity index (χ0v) is 19.4. The monoisotopic (exact) mass is 418 g/mol. The van der Waals surface area contributed by atoms with Crippen LogP contribution in [0.2, 0.25) is 6.32 Å². The van der Waals surface area contributed by atoms with Gasteiger partial charge >= 0.3 is 7.12 Å². The smallest absolute Gasteiger partial charge is 0.408 e. The van der Waals surface area contributed by atoms with Gasteiger partial charge in [-0.2, -0.15) is 0 Å². The number of hydrogen-bond donors (Lipinski definition) is 2. The predicted octanol–water partition coefficient (Wildman–Crippen LogP) is 4.68. The van der Waals surface area contributed by atoms with Crippen molar-refractivity contribution in [1.82, 2.24) is 0 Å². The van der Waals surface area contributed by atoms with E-state index in [1.807, 2.05) is 0 Å². The molecule has 5 rings (SSSR count). The molecule has 5 aliphatic rings. The predicted molar refractivity (Wildman–Crippen MR) is 119 cm³/mol. The Morgan fingerprint density at radius 1 is 1.00 bits per heavy atom. The molecular formula is C25H43BO4. The van der Waals surface area contributed by atoms with E-state index in [2.05, 4.69) is 20.8 Å². The van der Waals surface area contributed by atoms with Crippen molar-refractivity contribution < 1.29 is 19.5 Å². The molecule has 0 amide bonds. The van der Waals surface area contributed by atoms with Gasteiger partial charge in [0, 0.05) is 0 Å². The molecule has 1 aliphatic heterocycles. The van der Waals surface area contributed by atoms with Crippen molar-refractivity contribution in [1.29, 1.82) is 0 Å². The number of aliphatic hydroxyl groups excluding tert-OH is 2. The van der Waals surface area contributed by atoms with Crippen molar-refractivity contribution in [3.63, 3.8) is 0 Å². The number of fused-ring (bicyclic) bond motifs is 5. The molecular weight excluding hydrogens is 375 g/mol. The maximum atomic E-state index is 11.6. The maximum absolute atomic E-state index is 11.6. The minimum absolute atomic E-state index is 0.0121. The average molecular weight is 418 g/mol. The van der Waals surface area contributed by atoms with E-state index in [4.69, 9.17) is 9.31 Å². The summed E-state index contributed by atoms with van der Waals surface area (Å²) in [7, 11) is -0.0121. The Morgan fingerprint density at radius 2 is 1.80 bits per heavy atom. The van der Waals surface area contributed by atoms with Crippen LogP contribution < -0.4 is 0 Å². The Morgan fingerprint density at radius 3 is 2.60 bits per heavy atom. The molecule has 0 aromatic heterocycles. The molecule has 1 saturated heterocycles. The van der Waals surface area contributed by atoms with E-state index < -0.39 is 0 Å². The van der Waals surface area contributed by atoms with Crippen LogP contribution in [0.15, 0.2) is 0 Å². The molecule has 0 aromatic carbocycles. The lowest BCUT2D eigenvalue weighted by Gasteiger charge is -2.62. The molecule has 0 bridgehead atoms. The third-order valence-corrected chi connectivity index (χ3v) is 10.7. The van der Waals surface area contributed by atoms with Gasteiger partial charge in [0.15, 0.2) is 0 Å². The zero-order valence-electron chi connectivity index (χ0n) is 19.4. The van der Waals surface area contributed by atoms with Crippen molar-refractivity contribution in [2.45, 2.75) is 110 Å². The summed E-state index contributed by atoms with van der Waals surface area (Å²) in [6.45, 7) is 7.88. The fraction of sp³-hybridized carbons (Fsp3) is 1.00. The first-order chi connectivity index (χ1) is 14.4. The van der Waals surface area contributed by atoms with Crippen LogP contribution in [-0.4, -0.2) is 42.3 Å². The molecule has 5 fully saturated rings. The summed E-state index contributed by atoms with van der Waals surface area (Å²) in [6, 6.07) is 0. The van der Waals surface area contributed by atoms with Crippen molar-refractivity contribution in [3.05, 3.63) is 0 Å². The van der Waals surface area contributed by atoms with E-state index in [1.54, 1.807) is 0 Å². The summed E-state index contributed by atoms with van der Waals surface area (Å²) in [5.74, 6) is 2.86. The fourth-order valence-electron chi connectivity index (χ4n) is 9.22. The second kappa shape index (κ2) is 8.04. The van der Waals surface area contributed by atoms with Gasteiger partial charge in [0.25, 0.3) is 0 Å². The molecule has 10 atom stereocenters. The van der Waals surface area contributed by atoms with Crippen LogP contribution in [0.1, 0.15) is 85.0 Å². The van der Waals surface area contributed by atoms with Crippen LogP contribution >= 0.6 is 0 Å². The van der Waals surface area contributed by atoms with Crippen LogP contribution in [0.5, 0.6) is 0 Å². The van der Waals surface area contributed by atoms with Crippen LogP contribution in [0.25, 0.3) is 0 Å². The van der Waals surface area contributed by atoms with Gasteiger partial charge in [-0.1, -0.05) is 33.6 Å². The highest BCUT2D eigenvalue weighted by Crippen LogP contribution is 2.68. The van der Waals surface area contributed by atoms with E-state index in [1.165, 1.54) is 38.5 Å². The van der Waals surface area contributed by atoms with Crippen LogP contribution in [0.3, 0.4) is 0 Å². The van der Waals surface area contributed by atoms with Gasteiger partial charge in [-0.15, -0.1) is 0 Å². The molecule has 2 N–H and O–H groups in total. The first-order valence-electron chi connectivity index (χ1n) is 13.0. The van der Waals surface area contributed by atoms with Crippen LogP contribution in [0.4, 0.5) is 0 Å². The second-order valence-electron chi connectivity index (χ2n) is 12.0. The van der Waals surface area contributed by atoms with Crippen molar-refractivity contribution in [2.24, 2.45) is 40.4 Å². The molecule has 4 saturated carbocycles. The lowest BCUT2D eigenvalue weighted by atomic mass is 9.44. The topological polar surface area (TPSA) is 58.9 Å². The second-order valence-corrected chi connectivity index (χ2v) is 12.0. The third-order valence-electron chi connectivity index (χ3n) is 10.7. The zero-order chi connectivity index (χ0) is 21.1. The normalized spacial score (nSPS) is 53.3. The highest BCUT2D eigenvalue weighted by Gasteiger charge is 2.64. The molecule has 30 heavy (non-hydrogen) atoms. The van der Waals surface area contributed by atoms with Crippen molar-refractivity contribution in [2.75, 3.05) is 6.61 Å². The molecule has 0 unspecified atom stereocenters. The first-order valence-corrected chi connectivity index (χ1v) is 13.0. The largest absolute Gasteiger partial charge is 0.457 e. The Kier molecular flexibility index (Phi) is 5.83.